The van der Waals surface area contributed by atoms with E-state index in [4.69, 9.17) is 10.1 Å². The van der Waals surface area contributed by atoms with E-state index in [0.717, 1.165) is 0 Å². The molecule has 0 fully saturated rings. The summed E-state index contributed by atoms with van der Waals surface area (Å²) in [6.45, 7) is 0. The maximum absolute atomic E-state index is 9.13. The summed E-state index contributed by atoms with van der Waals surface area (Å²) in [5.74, 6) is -0.174. The van der Waals surface area contributed by atoms with Crippen LogP contribution in [0.3, 0.4) is 0 Å². The quantitative estimate of drug-likeness (QED) is 0.236. The largest absolute Gasteiger partial charge is 0.303 e. The minimum Gasteiger partial charge on any atom is -0.303 e. The van der Waals surface area contributed by atoms with Gasteiger partial charge in [0, 0.05) is 0 Å². The molecular formula is CH3NO3S. The Morgan fingerprint density at radius 1 is 2.00 bits per heavy atom. The Kier molecular flexibility index (Phi) is 2.56. The van der Waals surface area contributed by atoms with E-state index >= 15 is 0 Å². The molecule has 0 aliphatic rings. The second-order valence-corrected chi connectivity index (χ2v) is 0.740. The number of rotatable bonds is 2. The van der Waals surface area contributed by atoms with Crippen molar-refractivity contribution in [1.82, 2.24) is 0 Å². The zero-order valence-corrected chi connectivity index (χ0v) is 3.72. The summed E-state index contributed by atoms with van der Waals surface area (Å²) in [4.78, 5) is 12.8. The molecule has 0 N–H and O–H groups in total. The lowest BCUT2D eigenvalue weighted by molar-refractivity contribution is -0.752. The van der Waals surface area contributed by atoms with Gasteiger partial charge in [0.2, 0.25) is 0 Å². The molecule has 0 bridgehead atoms. The van der Waals surface area contributed by atoms with Crippen LogP contribution < -0.4 is 0 Å². The second kappa shape index (κ2) is 2.77. The molecule has 0 radical (unpaired) electrons. The first-order valence-corrected chi connectivity index (χ1v) is 1.79. The summed E-state index contributed by atoms with van der Waals surface area (Å²) in [5.41, 5.74) is 0. The van der Waals surface area contributed by atoms with Crippen LogP contribution in [0.1, 0.15) is 0 Å². The van der Waals surface area contributed by atoms with Crippen LogP contribution in [0.2, 0.25) is 0 Å². The highest BCUT2D eigenvalue weighted by Gasteiger charge is 1.84. The van der Waals surface area contributed by atoms with Gasteiger partial charge in [-0.2, -0.15) is 12.6 Å². The van der Waals surface area contributed by atoms with E-state index in [1.807, 2.05) is 0 Å². The molecule has 36 valence electrons. The van der Waals surface area contributed by atoms with E-state index in [9.17, 15) is 0 Å². The first kappa shape index (κ1) is 5.55. The second-order valence-electron chi connectivity index (χ2n) is 0.482. The van der Waals surface area contributed by atoms with Crippen molar-refractivity contribution in [2.75, 3.05) is 5.94 Å². The highest BCUT2D eigenvalue weighted by molar-refractivity contribution is 7.80. The van der Waals surface area contributed by atoms with Crippen LogP contribution in [0, 0.1) is 10.1 Å². The summed E-state index contributed by atoms with van der Waals surface area (Å²) >= 11 is 3.40. The molecule has 5 heteroatoms. The van der Waals surface area contributed by atoms with Crippen molar-refractivity contribution in [3.05, 3.63) is 10.1 Å². The Morgan fingerprint density at radius 3 is 2.50 bits per heavy atom. The lowest BCUT2D eigenvalue weighted by Gasteiger charge is -1.83. The maximum Gasteiger partial charge on any atom is 0.295 e. The van der Waals surface area contributed by atoms with Gasteiger partial charge in [-0.3, -0.25) is 0 Å². The number of hydrogen-bond acceptors (Lipinski definition) is 4. The third-order valence-electron chi connectivity index (χ3n) is 0.163. The summed E-state index contributed by atoms with van der Waals surface area (Å²) in [5, 5.41) is 8.24. The molecule has 0 unspecified atom stereocenters. The molecule has 4 nitrogen and oxygen atoms in total. The Balaban J connectivity index is 2.83. The lowest BCUT2D eigenvalue weighted by Crippen LogP contribution is -1.96. The van der Waals surface area contributed by atoms with Gasteiger partial charge in [0.1, 0.15) is 5.94 Å². The van der Waals surface area contributed by atoms with Gasteiger partial charge in [-0.05, 0) is 0 Å². The van der Waals surface area contributed by atoms with Gasteiger partial charge in [-0.25, -0.2) is 0 Å². The molecule has 0 amide bonds. The van der Waals surface area contributed by atoms with E-state index in [1.54, 1.807) is 0 Å². The third kappa shape index (κ3) is 3.55. The molecule has 0 aromatic carbocycles. The molecule has 0 heterocycles. The van der Waals surface area contributed by atoms with E-state index in [0.29, 0.717) is 0 Å². The first-order valence-electron chi connectivity index (χ1n) is 1.15. The molecule has 0 aromatic heterocycles. The summed E-state index contributed by atoms with van der Waals surface area (Å²) < 4.78 is 0. The molecule has 6 heavy (non-hydrogen) atoms. The van der Waals surface area contributed by atoms with Crippen LogP contribution in [0.5, 0.6) is 0 Å². The predicted octanol–water partition coefficient (Wildman–Crippen LogP) is 0.0820. The molecule has 0 aliphatic heterocycles. The van der Waals surface area contributed by atoms with Crippen LogP contribution >= 0.6 is 12.6 Å². The van der Waals surface area contributed by atoms with Crippen molar-refractivity contribution in [3.63, 3.8) is 0 Å². The summed E-state index contributed by atoms with van der Waals surface area (Å²) in [7, 11) is 0. The zero-order chi connectivity index (χ0) is 4.99. The van der Waals surface area contributed by atoms with E-state index in [-0.39, 0.29) is 5.94 Å². The van der Waals surface area contributed by atoms with E-state index < -0.39 is 5.09 Å². The van der Waals surface area contributed by atoms with Crippen molar-refractivity contribution in [1.29, 1.82) is 0 Å². The highest BCUT2D eigenvalue weighted by atomic mass is 32.1. The third-order valence-corrected chi connectivity index (χ3v) is 0.279. The van der Waals surface area contributed by atoms with Crippen molar-refractivity contribution in [3.8, 4) is 0 Å². The monoisotopic (exact) mass is 109 g/mol. The molecule has 0 aliphatic carbocycles. The normalized spacial score (nSPS) is 7.50. The first-order chi connectivity index (χ1) is 2.77. The minimum absolute atomic E-state index is 0.174. The number of hydrogen-bond donors (Lipinski definition) is 1. The standard InChI is InChI=1S/CH3NO3S/c3-2(4)5-1-6/h6H,1H2. The van der Waals surface area contributed by atoms with Gasteiger partial charge in [-0.1, -0.05) is 0 Å². The number of thiol groups is 1. The van der Waals surface area contributed by atoms with Crippen molar-refractivity contribution in [2.45, 2.75) is 0 Å². The van der Waals surface area contributed by atoms with Crippen LogP contribution in [0.25, 0.3) is 0 Å². The maximum atomic E-state index is 9.13. The summed E-state index contributed by atoms with van der Waals surface area (Å²) in [6, 6.07) is 0. The van der Waals surface area contributed by atoms with Crippen LogP contribution in [0.15, 0.2) is 0 Å². The predicted molar refractivity (Wildman–Crippen MR) is 21.9 cm³/mol. The average Bonchev–Trinajstić information content (AvgIpc) is 1.35. The SMILES string of the molecule is O=[N+]([O-])OCS. The van der Waals surface area contributed by atoms with Gasteiger partial charge < -0.3 is 4.84 Å². The van der Waals surface area contributed by atoms with E-state index in [1.165, 1.54) is 0 Å². The van der Waals surface area contributed by atoms with E-state index in [2.05, 4.69) is 17.5 Å². The fourth-order valence-electron chi connectivity index (χ4n) is 0.0471. The molecule has 0 rings (SSSR count). The van der Waals surface area contributed by atoms with Crippen LogP contribution in [-0.4, -0.2) is 11.0 Å². The molecule has 0 saturated heterocycles. The molecule has 0 saturated carbocycles. The van der Waals surface area contributed by atoms with Gasteiger partial charge >= 0.3 is 0 Å². The van der Waals surface area contributed by atoms with Crippen molar-refractivity contribution >= 4 is 12.6 Å². The lowest BCUT2D eigenvalue weighted by atomic mass is 11.7. The molecule has 0 spiro atoms. The molecule has 0 atom stereocenters. The Bertz CT molecular complexity index is 54.8. The van der Waals surface area contributed by atoms with Gasteiger partial charge in [0.15, 0.2) is 0 Å². The zero-order valence-electron chi connectivity index (χ0n) is 2.83. The molecular weight excluding hydrogens is 106 g/mol. The molecule has 0 aromatic rings. The Labute approximate surface area is 39.6 Å². The Hall–Kier alpha value is -0.450. The topological polar surface area (TPSA) is 52.4 Å². The fourth-order valence-corrected chi connectivity index (χ4v) is 0.141. The Morgan fingerprint density at radius 2 is 2.50 bits per heavy atom. The fraction of sp³-hybridized carbons (Fsp3) is 1.00. The van der Waals surface area contributed by atoms with Gasteiger partial charge in [-0.15, -0.1) is 10.1 Å². The van der Waals surface area contributed by atoms with Crippen molar-refractivity contribution < 1.29 is 9.92 Å². The number of nitrogens with zero attached hydrogens (tertiary/aromatic N) is 1. The van der Waals surface area contributed by atoms with Gasteiger partial charge in [0.25, 0.3) is 5.09 Å². The van der Waals surface area contributed by atoms with Crippen molar-refractivity contribution in [2.24, 2.45) is 0 Å². The van der Waals surface area contributed by atoms with Crippen LogP contribution in [0.4, 0.5) is 0 Å². The highest BCUT2D eigenvalue weighted by Crippen LogP contribution is 1.74. The average molecular weight is 109 g/mol. The van der Waals surface area contributed by atoms with Crippen LogP contribution in [-0.2, 0) is 4.84 Å². The van der Waals surface area contributed by atoms with Gasteiger partial charge in [0.05, 0.1) is 0 Å². The smallest absolute Gasteiger partial charge is 0.295 e. The minimum atomic E-state index is -0.896. The summed E-state index contributed by atoms with van der Waals surface area (Å²) in [6.07, 6.45) is 0.